The Morgan fingerprint density at radius 3 is 2.67 bits per heavy atom. The van der Waals surface area contributed by atoms with Gasteiger partial charge in [0.2, 0.25) is 0 Å². The first-order chi connectivity index (χ1) is 10.2. The predicted molar refractivity (Wildman–Crippen MR) is 86.3 cm³/mol. The Labute approximate surface area is 124 Å². The number of hydrogen-bond donors (Lipinski definition) is 2. The zero-order chi connectivity index (χ0) is 14.8. The number of para-hydroxylation sites is 1. The molecule has 0 aliphatic carbocycles. The molecule has 1 aliphatic heterocycles. The number of aryl methyl sites for hydroxylation is 1. The highest BCUT2D eigenvalue weighted by Gasteiger charge is 2.23. The molecule has 0 atom stereocenters. The van der Waals surface area contributed by atoms with Gasteiger partial charge < -0.3 is 16.4 Å². The van der Waals surface area contributed by atoms with Gasteiger partial charge in [-0.05, 0) is 49.1 Å². The summed E-state index contributed by atoms with van der Waals surface area (Å²) < 4.78 is 0. The second kappa shape index (κ2) is 5.48. The van der Waals surface area contributed by atoms with E-state index in [9.17, 15) is 4.79 Å². The zero-order valence-corrected chi connectivity index (χ0v) is 11.9. The van der Waals surface area contributed by atoms with E-state index in [2.05, 4.69) is 6.07 Å². The van der Waals surface area contributed by atoms with Gasteiger partial charge in [0.25, 0.3) is 5.91 Å². The van der Waals surface area contributed by atoms with E-state index in [1.165, 1.54) is 5.56 Å². The topological polar surface area (TPSA) is 72.4 Å². The van der Waals surface area contributed by atoms with E-state index in [-0.39, 0.29) is 5.91 Å². The van der Waals surface area contributed by atoms with Crippen LogP contribution in [0.4, 0.5) is 17.1 Å². The number of carbonyl (C=O) groups excluding carboxylic acids is 1. The fraction of sp³-hybridized carbons (Fsp3) is 0.235. The van der Waals surface area contributed by atoms with E-state index in [0.29, 0.717) is 16.9 Å². The first kappa shape index (κ1) is 13.5. The molecule has 21 heavy (non-hydrogen) atoms. The van der Waals surface area contributed by atoms with Crippen LogP contribution >= 0.6 is 0 Å². The Hall–Kier alpha value is -2.49. The van der Waals surface area contributed by atoms with Crippen LogP contribution in [-0.2, 0) is 6.42 Å². The monoisotopic (exact) mass is 281 g/mol. The number of benzene rings is 2. The highest BCUT2D eigenvalue weighted by atomic mass is 16.2. The third kappa shape index (κ3) is 2.57. The molecular weight excluding hydrogens is 262 g/mol. The quantitative estimate of drug-likeness (QED) is 0.789. The van der Waals surface area contributed by atoms with Crippen molar-refractivity contribution in [3.8, 4) is 0 Å². The molecule has 0 bridgehead atoms. The molecule has 0 radical (unpaired) electrons. The van der Waals surface area contributed by atoms with E-state index >= 15 is 0 Å². The van der Waals surface area contributed by atoms with Crippen LogP contribution in [-0.4, -0.2) is 12.5 Å². The molecule has 4 nitrogen and oxygen atoms in total. The van der Waals surface area contributed by atoms with E-state index < -0.39 is 0 Å². The molecule has 2 aromatic carbocycles. The second-order valence-corrected chi connectivity index (χ2v) is 5.39. The fourth-order valence-electron chi connectivity index (χ4n) is 2.82. The van der Waals surface area contributed by atoms with Crippen molar-refractivity contribution >= 4 is 23.0 Å². The number of nitrogen functional groups attached to an aromatic ring is 2. The van der Waals surface area contributed by atoms with E-state index in [1.807, 2.05) is 23.1 Å². The molecule has 3 rings (SSSR count). The van der Waals surface area contributed by atoms with E-state index in [4.69, 9.17) is 11.5 Å². The Balaban J connectivity index is 2.01. The third-order valence-electron chi connectivity index (χ3n) is 3.91. The molecule has 0 aromatic heterocycles. The van der Waals surface area contributed by atoms with Crippen LogP contribution in [0.3, 0.4) is 0 Å². The Morgan fingerprint density at radius 1 is 1.05 bits per heavy atom. The van der Waals surface area contributed by atoms with Crippen molar-refractivity contribution < 1.29 is 4.79 Å². The lowest BCUT2D eigenvalue weighted by Gasteiger charge is -2.23. The van der Waals surface area contributed by atoms with Gasteiger partial charge in [0.15, 0.2) is 0 Å². The van der Waals surface area contributed by atoms with Gasteiger partial charge in [0, 0.05) is 23.6 Å². The van der Waals surface area contributed by atoms with Crippen LogP contribution < -0.4 is 16.4 Å². The minimum atomic E-state index is -0.0538. The average molecular weight is 281 g/mol. The largest absolute Gasteiger partial charge is 0.399 e. The average Bonchev–Trinajstić information content (AvgIpc) is 2.69. The maximum atomic E-state index is 12.9. The van der Waals surface area contributed by atoms with Crippen molar-refractivity contribution in [3.05, 3.63) is 53.6 Å². The van der Waals surface area contributed by atoms with Crippen LogP contribution in [0.2, 0.25) is 0 Å². The maximum absolute atomic E-state index is 12.9. The highest BCUT2D eigenvalue weighted by molar-refractivity contribution is 6.10. The Kier molecular flexibility index (Phi) is 3.52. The molecule has 0 spiro atoms. The van der Waals surface area contributed by atoms with Gasteiger partial charge >= 0.3 is 0 Å². The SMILES string of the molecule is Nc1ccc(C(=O)N2CCCCc3ccccc32)c(N)c1. The predicted octanol–water partition coefficient (Wildman–Crippen LogP) is 2.83. The third-order valence-corrected chi connectivity index (χ3v) is 3.91. The first-order valence-corrected chi connectivity index (χ1v) is 7.21. The van der Waals surface area contributed by atoms with Gasteiger partial charge in [-0.2, -0.15) is 0 Å². The minimum Gasteiger partial charge on any atom is -0.399 e. The number of nitrogens with two attached hydrogens (primary N) is 2. The molecule has 0 saturated heterocycles. The molecule has 108 valence electrons. The van der Waals surface area contributed by atoms with Gasteiger partial charge in [-0.15, -0.1) is 0 Å². The molecule has 4 heteroatoms. The summed E-state index contributed by atoms with van der Waals surface area (Å²) in [6.45, 7) is 0.722. The summed E-state index contributed by atoms with van der Waals surface area (Å²) in [5, 5.41) is 0. The lowest BCUT2D eigenvalue weighted by Crippen LogP contribution is -2.32. The number of fused-ring (bicyclic) bond motifs is 1. The van der Waals surface area contributed by atoms with Crippen molar-refractivity contribution in [3.63, 3.8) is 0 Å². The lowest BCUT2D eigenvalue weighted by molar-refractivity contribution is 0.0988. The molecule has 1 heterocycles. The second-order valence-electron chi connectivity index (χ2n) is 5.39. The van der Waals surface area contributed by atoms with Crippen LogP contribution in [0.25, 0.3) is 0 Å². The first-order valence-electron chi connectivity index (χ1n) is 7.21. The molecule has 4 N–H and O–H groups in total. The molecule has 1 aliphatic rings. The van der Waals surface area contributed by atoms with Crippen molar-refractivity contribution in [2.45, 2.75) is 19.3 Å². The summed E-state index contributed by atoms with van der Waals surface area (Å²) in [5.41, 5.74) is 15.4. The van der Waals surface area contributed by atoms with Gasteiger partial charge in [-0.25, -0.2) is 0 Å². The van der Waals surface area contributed by atoms with Crippen molar-refractivity contribution in [1.29, 1.82) is 0 Å². The lowest BCUT2D eigenvalue weighted by atomic mass is 10.1. The molecular formula is C17H19N3O. The summed E-state index contributed by atoms with van der Waals surface area (Å²) in [6, 6.07) is 13.1. The van der Waals surface area contributed by atoms with Crippen molar-refractivity contribution in [1.82, 2.24) is 0 Å². The summed E-state index contributed by atoms with van der Waals surface area (Å²) >= 11 is 0. The van der Waals surface area contributed by atoms with E-state index in [1.54, 1.807) is 18.2 Å². The van der Waals surface area contributed by atoms with E-state index in [0.717, 1.165) is 31.5 Å². The number of nitrogens with zero attached hydrogens (tertiary/aromatic N) is 1. The maximum Gasteiger partial charge on any atom is 0.260 e. The van der Waals surface area contributed by atoms with Crippen LogP contribution in [0.5, 0.6) is 0 Å². The van der Waals surface area contributed by atoms with Crippen LogP contribution in [0.15, 0.2) is 42.5 Å². The number of rotatable bonds is 1. The highest BCUT2D eigenvalue weighted by Crippen LogP contribution is 2.28. The molecule has 0 fully saturated rings. The fourth-order valence-corrected chi connectivity index (χ4v) is 2.82. The van der Waals surface area contributed by atoms with Gasteiger partial charge in [-0.1, -0.05) is 18.2 Å². The number of amides is 1. The number of hydrogen-bond acceptors (Lipinski definition) is 3. The Bertz CT molecular complexity index is 681. The molecule has 2 aromatic rings. The minimum absolute atomic E-state index is 0.0538. The zero-order valence-electron chi connectivity index (χ0n) is 11.9. The summed E-state index contributed by atoms with van der Waals surface area (Å²) in [5.74, 6) is -0.0538. The summed E-state index contributed by atoms with van der Waals surface area (Å²) in [6.07, 6.45) is 3.10. The van der Waals surface area contributed by atoms with Crippen LogP contribution in [0, 0.1) is 0 Å². The molecule has 1 amide bonds. The number of carbonyl (C=O) groups is 1. The number of anilines is 3. The van der Waals surface area contributed by atoms with Gasteiger partial charge in [0.1, 0.15) is 0 Å². The van der Waals surface area contributed by atoms with Crippen molar-refractivity contribution in [2.75, 3.05) is 22.9 Å². The summed E-state index contributed by atoms with van der Waals surface area (Å²) in [7, 11) is 0. The normalized spacial score (nSPS) is 14.4. The van der Waals surface area contributed by atoms with Gasteiger partial charge in [-0.3, -0.25) is 4.79 Å². The smallest absolute Gasteiger partial charge is 0.260 e. The summed E-state index contributed by atoms with van der Waals surface area (Å²) in [4.78, 5) is 14.7. The van der Waals surface area contributed by atoms with Crippen LogP contribution in [0.1, 0.15) is 28.8 Å². The molecule has 0 unspecified atom stereocenters. The van der Waals surface area contributed by atoms with Gasteiger partial charge in [0.05, 0.1) is 5.56 Å². The van der Waals surface area contributed by atoms with Crippen molar-refractivity contribution in [2.24, 2.45) is 0 Å². The molecule has 0 saturated carbocycles. The standard InChI is InChI=1S/C17H19N3O/c18-13-8-9-14(15(19)11-13)17(21)20-10-4-3-6-12-5-1-2-7-16(12)20/h1-2,5,7-9,11H,3-4,6,10,18-19H2. The Morgan fingerprint density at radius 2 is 1.86 bits per heavy atom.